The fourth-order valence-corrected chi connectivity index (χ4v) is 3.17. The maximum atomic E-state index is 13.0. The summed E-state index contributed by atoms with van der Waals surface area (Å²) in [7, 11) is 1.69. The molecule has 0 aliphatic heterocycles. The van der Waals surface area contributed by atoms with Crippen LogP contribution >= 0.6 is 0 Å². The molecule has 0 spiro atoms. The van der Waals surface area contributed by atoms with E-state index >= 15 is 0 Å². The summed E-state index contributed by atoms with van der Waals surface area (Å²) in [6, 6.07) is 16.9. The molecule has 1 heterocycles. The fourth-order valence-electron chi connectivity index (χ4n) is 3.17. The zero-order chi connectivity index (χ0) is 23.4. The van der Waals surface area contributed by atoms with Gasteiger partial charge in [-0.1, -0.05) is 12.1 Å². The summed E-state index contributed by atoms with van der Waals surface area (Å²) >= 11 is 0. The Morgan fingerprint density at radius 2 is 1.76 bits per heavy atom. The number of hydrogen-bond acceptors (Lipinski definition) is 7. The van der Waals surface area contributed by atoms with Gasteiger partial charge in [-0.15, -0.1) is 0 Å². The van der Waals surface area contributed by atoms with E-state index in [9.17, 15) is 19.3 Å². The molecule has 9 nitrogen and oxygen atoms in total. The minimum Gasteiger partial charge on any atom is -0.365 e. The van der Waals surface area contributed by atoms with Crippen LogP contribution in [0.15, 0.2) is 66.7 Å². The highest BCUT2D eigenvalue weighted by atomic mass is 19.1. The Kier molecular flexibility index (Phi) is 6.07. The molecule has 166 valence electrons. The first kappa shape index (κ1) is 21.6. The maximum absolute atomic E-state index is 13.0. The second-order valence-electron chi connectivity index (χ2n) is 7.12. The highest BCUT2D eigenvalue weighted by Gasteiger charge is 2.13. The van der Waals surface area contributed by atoms with Crippen molar-refractivity contribution in [3.05, 3.63) is 93.8 Å². The number of rotatable bonds is 7. The number of amides is 1. The molecule has 0 aliphatic rings. The number of non-ortho nitro benzene ring substituents is 1. The number of hydrogen-bond donors (Lipinski definition) is 3. The quantitative estimate of drug-likeness (QED) is 0.280. The normalized spacial score (nSPS) is 10.6. The summed E-state index contributed by atoms with van der Waals surface area (Å²) in [5.74, 6) is 0.102. The molecule has 33 heavy (non-hydrogen) atoms. The predicted molar refractivity (Wildman–Crippen MR) is 124 cm³/mol. The van der Waals surface area contributed by atoms with Gasteiger partial charge in [-0.3, -0.25) is 14.9 Å². The highest BCUT2D eigenvalue weighted by molar-refractivity contribution is 6.04. The molecule has 0 saturated carbocycles. The van der Waals surface area contributed by atoms with Gasteiger partial charge in [0.05, 0.1) is 10.4 Å². The van der Waals surface area contributed by atoms with Gasteiger partial charge in [-0.2, -0.15) is 4.98 Å². The van der Waals surface area contributed by atoms with Crippen LogP contribution < -0.4 is 16.0 Å². The van der Waals surface area contributed by atoms with Crippen LogP contribution in [0.25, 0.3) is 10.9 Å². The summed E-state index contributed by atoms with van der Waals surface area (Å²) in [6.07, 6.45) is 0. The van der Waals surface area contributed by atoms with Crippen LogP contribution in [0.5, 0.6) is 0 Å². The molecule has 4 rings (SSSR count). The number of nitrogens with one attached hydrogen (secondary N) is 3. The van der Waals surface area contributed by atoms with Crippen LogP contribution in [0, 0.1) is 15.9 Å². The van der Waals surface area contributed by atoms with E-state index in [-0.39, 0.29) is 11.6 Å². The zero-order valence-electron chi connectivity index (χ0n) is 17.5. The van der Waals surface area contributed by atoms with Gasteiger partial charge >= 0.3 is 0 Å². The molecular weight excluding hydrogens is 427 g/mol. The third-order valence-corrected chi connectivity index (χ3v) is 4.89. The molecule has 0 radical (unpaired) electrons. The molecule has 0 atom stereocenters. The Bertz CT molecular complexity index is 1330. The molecule has 1 aromatic heterocycles. The molecule has 0 bridgehead atoms. The standard InChI is InChI=1S/C23H19FN6O3/c1-25-23-28-20-11-10-18(30(32)33)12-19(20)21(29-23)26-13-14-2-8-17(9-3-14)27-22(31)15-4-6-16(24)7-5-15/h2-12H,13H2,1H3,(H,27,31)(H2,25,26,28,29). The van der Waals surface area contributed by atoms with Gasteiger partial charge < -0.3 is 16.0 Å². The lowest BCUT2D eigenvalue weighted by Crippen LogP contribution is -2.12. The maximum Gasteiger partial charge on any atom is 0.270 e. The van der Waals surface area contributed by atoms with Crippen molar-refractivity contribution in [2.75, 3.05) is 23.0 Å². The van der Waals surface area contributed by atoms with Gasteiger partial charge in [-0.05, 0) is 48.0 Å². The number of nitro groups is 1. The largest absolute Gasteiger partial charge is 0.365 e. The Morgan fingerprint density at radius 1 is 1.03 bits per heavy atom. The molecule has 0 unspecified atom stereocenters. The van der Waals surface area contributed by atoms with Crippen LogP contribution in [0.4, 0.5) is 27.5 Å². The topological polar surface area (TPSA) is 122 Å². The number of carbonyl (C=O) groups excluding carboxylic acids is 1. The van der Waals surface area contributed by atoms with Crippen LogP contribution in [-0.4, -0.2) is 27.8 Å². The van der Waals surface area contributed by atoms with E-state index in [4.69, 9.17) is 0 Å². The molecule has 0 saturated heterocycles. The number of fused-ring (bicyclic) bond motifs is 1. The van der Waals surface area contributed by atoms with Crippen molar-refractivity contribution in [2.24, 2.45) is 0 Å². The van der Waals surface area contributed by atoms with Crippen molar-refractivity contribution in [2.45, 2.75) is 6.54 Å². The molecule has 0 fully saturated rings. The summed E-state index contributed by atoms with van der Waals surface area (Å²) in [6.45, 7) is 0.393. The van der Waals surface area contributed by atoms with Crippen molar-refractivity contribution in [1.29, 1.82) is 0 Å². The number of benzene rings is 3. The van der Waals surface area contributed by atoms with Gasteiger partial charge in [0.15, 0.2) is 0 Å². The number of halogens is 1. The number of carbonyl (C=O) groups is 1. The first-order valence-corrected chi connectivity index (χ1v) is 9.96. The Balaban J connectivity index is 1.48. The van der Waals surface area contributed by atoms with Crippen LogP contribution in [0.1, 0.15) is 15.9 Å². The van der Waals surface area contributed by atoms with E-state index in [1.807, 2.05) is 12.1 Å². The summed E-state index contributed by atoms with van der Waals surface area (Å²) in [5.41, 5.74) is 2.37. The van der Waals surface area contributed by atoms with E-state index in [2.05, 4.69) is 25.9 Å². The molecule has 0 aliphatic carbocycles. The summed E-state index contributed by atoms with van der Waals surface area (Å²) in [4.78, 5) is 31.7. The highest BCUT2D eigenvalue weighted by Crippen LogP contribution is 2.27. The number of nitro benzene ring substituents is 1. The van der Waals surface area contributed by atoms with Gasteiger partial charge in [0.25, 0.3) is 11.6 Å². The van der Waals surface area contributed by atoms with Gasteiger partial charge in [-0.25, -0.2) is 9.37 Å². The second kappa shape index (κ2) is 9.27. The lowest BCUT2D eigenvalue weighted by atomic mass is 10.1. The van der Waals surface area contributed by atoms with Crippen molar-refractivity contribution >= 4 is 40.0 Å². The molecule has 3 aromatic carbocycles. The third kappa shape index (κ3) is 5.01. The minimum absolute atomic E-state index is 0.0485. The molecule has 3 N–H and O–H groups in total. The lowest BCUT2D eigenvalue weighted by molar-refractivity contribution is -0.384. The smallest absolute Gasteiger partial charge is 0.270 e. The van der Waals surface area contributed by atoms with Gasteiger partial charge in [0.1, 0.15) is 11.6 Å². The van der Waals surface area contributed by atoms with E-state index in [1.54, 1.807) is 25.2 Å². The van der Waals surface area contributed by atoms with Crippen molar-refractivity contribution in [3.63, 3.8) is 0 Å². The van der Waals surface area contributed by atoms with Crippen molar-refractivity contribution in [1.82, 2.24) is 9.97 Å². The van der Waals surface area contributed by atoms with E-state index in [0.717, 1.165) is 5.56 Å². The summed E-state index contributed by atoms with van der Waals surface area (Å²) < 4.78 is 13.0. The van der Waals surface area contributed by atoms with Gasteiger partial charge in [0.2, 0.25) is 5.95 Å². The average Bonchev–Trinajstić information content (AvgIpc) is 2.83. The molecule has 4 aromatic rings. The van der Waals surface area contributed by atoms with Crippen LogP contribution in [0.3, 0.4) is 0 Å². The van der Waals surface area contributed by atoms with Crippen molar-refractivity contribution in [3.8, 4) is 0 Å². The minimum atomic E-state index is -0.464. The van der Waals surface area contributed by atoms with Crippen LogP contribution in [0.2, 0.25) is 0 Å². The predicted octanol–water partition coefficient (Wildman–Crippen LogP) is 4.58. The number of aromatic nitrogens is 2. The first-order valence-electron chi connectivity index (χ1n) is 9.96. The molecule has 10 heteroatoms. The Hall–Kier alpha value is -4.60. The monoisotopic (exact) mass is 446 g/mol. The van der Waals surface area contributed by atoms with E-state index in [0.29, 0.717) is 40.5 Å². The Labute approximate surface area is 187 Å². The third-order valence-electron chi connectivity index (χ3n) is 4.89. The SMILES string of the molecule is CNc1nc(NCc2ccc(NC(=O)c3ccc(F)cc3)cc2)c2cc([N+](=O)[O-])ccc2n1. The molecular formula is C23H19FN6O3. The second-order valence-corrected chi connectivity index (χ2v) is 7.12. The van der Waals surface area contributed by atoms with Gasteiger partial charge in [0, 0.05) is 42.4 Å². The molecule has 1 amide bonds. The average molecular weight is 446 g/mol. The van der Waals surface area contributed by atoms with Crippen molar-refractivity contribution < 1.29 is 14.1 Å². The van der Waals surface area contributed by atoms with E-state index in [1.165, 1.54) is 36.4 Å². The van der Waals surface area contributed by atoms with Crippen LogP contribution in [-0.2, 0) is 6.54 Å². The zero-order valence-corrected chi connectivity index (χ0v) is 17.5. The van der Waals surface area contributed by atoms with E-state index < -0.39 is 10.7 Å². The number of nitrogens with zero attached hydrogens (tertiary/aromatic N) is 3. The summed E-state index contributed by atoms with van der Waals surface area (Å²) in [5, 5.41) is 20.5. The first-order chi connectivity index (χ1) is 15.9. The Morgan fingerprint density at radius 3 is 2.42 bits per heavy atom. The number of anilines is 3. The fraction of sp³-hybridized carbons (Fsp3) is 0.0870. The lowest BCUT2D eigenvalue weighted by Gasteiger charge is -2.11.